The van der Waals surface area contributed by atoms with E-state index < -0.39 is 10.0 Å². The second kappa shape index (κ2) is 7.73. The molecule has 0 aromatic heterocycles. The minimum absolute atomic E-state index is 0.0451. The van der Waals surface area contributed by atoms with E-state index >= 15 is 0 Å². The van der Waals surface area contributed by atoms with Crippen LogP contribution in [0.5, 0.6) is 0 Å². The number of sulfonamides is 1. The molecule has 1 heterocycles. The van der Waals surface area contributed by atoms with Crippen molar-refractivity contribution in [1.29, 1.82) is 0 Å². The molecular formula is C21H21N3O4S. The number of nitrogens with two attached hydrogens (primary N) is 1. The number of anilines is 2. The van der Waals surface area contributed by atoms with Gasteiger partial charge in [-0.2, -0.15) is 0 Å². The Labute approximate surface area is 169 Å². The predicted octanol–water partition coefficient (Wildman–Crippen LogP) is 2.58. The molecule has 4 rings (SSSR count). The number of fused-ring (bicyclic) bond motifs is 1. The fourth-order valence-corrected chi connectivity index (χ4v) is 4.65. The third-order valence-corrected chi connectivity index (χ3v) is 6.31. The maximum absolute atomic E-state index is 13.0. The topological polar surface area (TPSA) is 102 Å². The molecule has 8 heteroatoms. The molecule has 1 aliphatic heterocycles. The number of morpholine rings is 1. The zero-order chi connectivity index (χ0) is 20.4. The highest BCUT2D eigenvalue weighted by Crippen LogP contribution is 2.28. The van der Waals surface area contributed by atoms with E-state index in [1.165, 1.54) is 0 Å². The van der Waals surface area contributed by atoms with E-state index in [4.69, 9.17) is 10.5 Å². The van der Waals surface area contributed by atoms with Crippen molar-refractivity contribution in [2.24, 2.45) is 0 Å². The Hall–Kier alpha value is -3.10. The molecule has 1 saturated heterocycles. The molecule has 0 saturated carbocycles. The van der Waals surface area contributed by atoms with Crippen LogP contribution in [0, 0.1) is 0 Å². The van der Waals surface area contributed by atoms with Crippen molar-refractivity contribution >= 4 is 38.1 Å². The predicted molar refractivity (Wildman–Crippen MR) is 112 cm³/mol. The monoisotopic (exact) mass is 411 g/mol. The fourth-order valence-electron chi connectivity index (χ4n) is 3.37. The summed E-state index contributed by atoms with van der Waals surface area (Å²) in [6.45, 7) is 1.65. The molecule has 0 bridgehead atoms. The number of nitrogens with one attached hydrogen (secondary N) is 1. The summed E-state index contributed by atoms with van der Waals surface area (Å²) in [4.78, 5) is 13.7. The van der Waals surface area contributed by atoms with Crippen molar-refractivity contribution in [3.05, 3.63) is 66.2 Å². The summed E-state index contributed by atoms with van der Waals surface area (Å²) in [5.74, 6) is -0.0451. The lowest BCUT2D eigenvalue weighted by Gasteiger charge is -2.26. The van der Waals surface area contributed by atoms with Crippen LogP contribution in [0.15, 0.2) is 65.6 Å². The molecule has 1 fully saturated rings. The van der Waals surface area contributed by atoms with E-state index in [1.807, 2.05) is 12.1 Å². The number of nitrogens with zero attached hydrogens (tertiary/aromatic N) is 1. The van der Waals surface area contributed by atoms with Gasteiger partial charge in [0.15, 0.2) is 0 Å². The number of benzene rings is 3. The van der Waals surface area contributed by atoms with Crippen molar-refractivity contribution in [3.63, 3.8) is 0 Å². The largest absolute Gasteiger partial charge is 0.398 e. The zero-order valence-electron chi connectivity index (χ0n) is 15.7. The summed E-state index contributed by atoms with van der Waals surface area (Å²) < 4.78 is 33.7. The molecule has 150 valence electrons. The van der Waals surface area contributed by atoms with E-state index in [0.29, 0.717) is 41.8 Å². The highest BCUT2D eigenvalue weighted by atomic mass is 32.2. The summed E-state index contributed by atoms with van der Waals surface area (Å²) >= 11 is 0. The van der Waals surface area contributed by atoms with E-state index in [2.05, 4.69) is 4.72 Å². The average Bonchev–Trinajstić information content (AvgIpc) is 2.71. The summed E-state index contributed by atoms with van der Waals surface area (Å²) in [5.41, 5.74) is 7.87. The Bertz CT molecular complexity index is 1160. The molecule has 3 aromatic rings. The van der Waals surface area contributed by atoms with Gasteiger partial charge in [0.1, 0.15) is 6.61 Å². The Morgan fingerprint density at radius 3 is 2.48 bits per heavy atom. The van der Waals surface area contributed by atoms with Gasteiger partial charge in [0, 0.05) is 35.2 Å². The second-order valence-corrected chi connectivity index (χ2v) is 8.52. The first-order valence-corrected chi connectivity index (χ1v) is 10.7. The lowest BCUT2D eigenvalue weighted by atomic mass is 10.1. The molecule has 1 aliphatic rings. The van der Waals surface area contributed by atoms with Gasteiger partial charge in [0.25, 0.3) is 10.0 Å². The summed E-state index contributed by atoms with van der Waals surface area (Å²) in [6.07, 6.45) is 0. The van der Waals surface area contributed by atoms with Crippen LogP contribution in [-0.2, 0) is 26.1 Å². The van der Waals surface area contributed by atoms with E-state index in [9.17, 15) is 13.2 Å². The molecule has 0 atom stereocenters. The molecule has 0 radical (unpaired) electrons. The Kier molecular flexibility index (Phi) is 5.12. The average molecular weight is 411 g/mol. The normalized spacial score (nSPS) is 14.9. The third kappa shape index (κ3) is 4.03. The maximum atomic E-state index is 13.0. The van der Waals surface area contributed by atoms with Crippen molar-refractivity contribution < 1.29 is 17.9 Å². The smallest absolute Gasteiger partial charge is 0.262 e. The van der Waals surface area contributed by atoms with Crippen molar-refractivity contribution in [3.8, 4) is 0 Å². The van der Waals surface area contributed by atoms with Crippen LogP contribution in [0.4, 0.5) is 11.4 Å². The fraction of sp³-hybridized carbons (Fsp3) is 0.190. The summed E-state index contributed by atoms with van der Waals surface area (Å²) in [5, 5.41) is 1.27. The van der Waals surface area contributed by atoms with E-state index in [-0.39, 0.29) is 17.4 Å². The van der Waals surface area contributed by atoms with Crippen LogP contribution in [0.1, 0.15) is 5.56 Å². The molecule has 3 N–H and O–H groups in total. The van der Waals surface area contributed by atoms with E-state index in [1.54, 1.807) is 53.4 Å². The number of nitrogen functional groups attached to an aromatic ring is 1. The van der Waals surface area contributed by atoms with Crippen LogP contribution in [0.2, 0.25) is 0 Å². The number of carbonyl (C=O) groups is 1. The van der Waals surface area contributed by atoms with Gasteiger partial charge in [-0.15, -0.1) is 0 Å². The molecule has 1 amide bonds. The lowest BCUT2D eigenvalue weighted by Crippen LogP contribution is -2.40. The summed E-state index contributed by atoms with van der Waals surface area (Å²) in [6, 6.07) is 17.2. The molecule has 7 nitrogen and oxygen atoms in total. The molecule has 0 unspecified atom stereocenters. The SMILES string of the molecule is Nc1cccc2c(S(=O)(=O)Nc3ccc(CN4CCOCC4=O)cc3)cccc12. The van der Waals surface area contributed by atoms with Gasteiger partial charge in [0.2, 0.25) is 5.91 Å². The number of ether oxygens (including phenoxy) is 1. The minimum Gasteiger partial charge on any atom is -0.398 e. The maximum Gasteiger partial charge on any atom is 0.262 e. The number of hydrogen-bond acceptors (Lipinski definition) is 5. The second-order valence-electron chi connectivity index (χ2n) is 6.87. The highest BCUT2D eigenvalue weighted by Gasteiger charge is 2.20. The Morgan fingerprint density at radius 1 is 1.00 bits per heavy atom. The first-order valence-electron chi connectivity index (χ1n) is 9.18. The first-order chi connectivity index (χ1) is 13.9. The molecular weight excluding hydrogens is 390 g/mol. The lowest BCUT2D eigenvalue weighted by molar-refractivity contribution is -0.143. The van der Waals surface area contributed by atoms with Gasteiger partial charge >= 0.3 is 0 Å². The standard InChI is InChI=1S/C21H21N3O4S/c22-19-5-1-4-18-17(19)3-2-6-20(18)29(26,27)23-16-9-7-15(8-10-16)13-24-11-12-28-14-21(24)25/h1-10,23H,11-14,22H2. The van der Waals surface area contributed by atoms with Crippen LogP contribution in [0.25, 0.3) is 10.8 Å². The number of carbonyl (C=O) groups excluding carboxylic acids is 1. The molecule has 0 aliphatic carbocycles. The highest BCUT2D eigenvalue weighted by molar-refractivity contribution is 7.93. The van der Waals surface area contributed by atoms with Crippen molar-refractivity contribution in [2.45, 2.75) is 11.4 Å². The number of hydrogen-bond donors (Lipinski definition) is 2. The zero-order valence-corrected chi connectivity index (χ0v) is 16.5. The first kappa shape index (κ1) is 19.2. The number of rotatable bonds is 5. The van der Waals surface area contributed by atoms with Gasteiger partial charge in [-0.3, -0.25) is 9.52 Å². The van der Waals surface area contributed by atoms with Gasteiger partial charge in [0.05, 0.1) is 11.5 Å². The van der Waals surface area contributed by atoms with Crippen LogP contribution < -0.4 is 10.5 Å². The Morgan fingerprint density at radius 2 is 1.72 bits per heavy atom. The molecule has 3 aromatic carbocycles. The quantitative estimate of drug-likeness (QED) is 0.629. The van der Waals surface area contributed by atoms with E-state index in [0.717, 1.165) is 5.56 Å². The number of amides is 1. The summed E-state index contributed by atoms with van der Waals surface area (Å²) in [7, 11) is -3.79. The Balaban J connectivity index is 1.54. The van der Waals surface area contributed by atoms with Gasteiger partial charge in [-0.25, -0.2) is 8.42 Å². The molecule has 29 heavy (non-hydrogen) atoms. The van der Waals surface area contributed by atoms with Gasteiger partial charge < -0.3 is 15.4 Å². The van der Waals surface area contributed by atoms with Crippen LogP contribution >= 0.6 is 0 Å². The van der Waals surface area contributed by atoms with Gasteiger partial charge in [-0.1, -0.05) is 36.4 Å². The third-order valence-electron chi connectivity index (χ3n) is 4.87. The van der Waals surface area contributed by atoms with Crippen molar-refractivity contribution in [2.75, 3.05) is 30.2 Å². The van der Waals surface area contributed by atoms with Crippen molar-refractivity contribution in [1.82, 2.24) is 4.90 Å². The minimum atomic E-state index is -3.79. The van der Waals surface area contributed by atoms with Crippen LogP contribution in [0.3, 0.4) is 0 Å². The van der Waals surface area contributed by atoms with Crippen LogP contribution in [-0.4, -0.2) is 39.0 Å². The molecule has 0 spiro atoms. The van der Waals surface area contributed by atoms with Gasteiger partial charge in [-0.05, 0) is 29.8 Å².